The highest BCUT2D eigenvalue weighted by molar-refractivity contribution is 7.82. The molecule has 0 saturated heterocycles. The summed E-state index contributed by atoms with van der Waals surface area (Å²) in [4.78, 5) is 14.5. The van der Waals surface area contributed by atoms with Crippen LogP contribution < -0.4 is 10.6 Å². The van der Waals surface area contributed by atoms with Gasteiger partial charge in [-0.2, -0.15) is 22.6 Å². The predicted octanol–water partition coefficient (Wildman–Crippen LogP) is 4.29. The summed E-state index contributed by atoms with van der Waals surface area (Å²) in [6, 6.07) is 21.9. The number of rotatable bonds is 5. The second-order valence-corrected chi connectivity index (χ2v) is 8.67. The van der Waals surface area contributed by atoms with Crippen LogP contribution in [0.15, 0.2) is 73.3 Å². The minimum Gasteiger partial charge on any atom is -0.279 e. The minimum atomic E-state index is -0.0987. The molecule has 2 aromatic heterocycles. The zero-order chi connectivity index (χ0) is 21.4. The molecule has 1 aliphatic carbocycles. The molecular formula is C26H22N4S. The normalized spacial score (nSPS) is 15.1. The number of nitrogens with zero attached hydrogens (tertiary/aromatic N) is 4. The molecule has 5 rings (SSSR count). The van der Waals surface area contributed by atoms with E-state index in [1.165, 1.54) is 0 Å². The number of hydrogen-bond donors (Lipinski definition) is 1. The summed E-state index contributed by atoms with van der Waals surface area (Å²) < 4.78 is 1.91. The summed E-state index contributed by atoms with van der Waals surface area (Å²) in [6.07, 6.45) is 6.07. The van der Waals surface area contributed by atoms with Gasteiger partial charge in [-0.25, -0.2) is 4.98 Å². The molecule has 0 radical (unpaired) electrons. The molecule has 4 nitrogen and oxygen atoms in total. The Labute approximate surface area is 186 Å². The first-order valence-electron chi connectivity index (χ1n) is 10.2. The standard InChI is InChI=1S/C26H22N4S/c1-3-21-16-18(2)22(17-26(31)14-15-26)30(21)25-28-23(19-10-6-4-7-11-19)27-24(29-25)20-12-8-5-9-13-20/h3-13,16-17,31H,1-2,14-15H2/b22-17+. The summed E-state index contributed by atoms with van der Waals surface area (Å²) in [6.45, 7) is 8.24. The smallest absolute Gasteiger partial charge is 0.238 e. The highest BCUT2D eigenvalue weighted by Gasteiger charge is 2.36. The van der Waals surface area contributed by atoms with Crippen molar-refractivity contribution in [3.63, 3.8) is 0 Å². The van der Waals surface area contributed by atoms with Gasteiger partial charge in [0, 0.05) is 21.6 Å². The van der Waals surface area contributed by atoms with Crippen LogP contribution in [0.5, 0.6) is 0 Å². The van der Waals surface area contributed by atoms with E-state index in [4.69, 9.17) is 27.6 Å². The van der Waals surface area contributed by atoms with Crippen molar-refractivity contribution in [1.82, 2.24) is 19.5 Å². The van der Waals surface area contributed by atoms with Crippen molar-refractivity contribution in [3.05, 3.63) is 89.6 Å². The third-order valence-corrected chi connectivity index (χ3v) is 5.99. The molecule has 0 aliphatic heterocycles. The van der Waals surface area contributed by atoms with Gasteiger partial charge in [0.15, 0.2) is 11.6 Å². The molecule has 0 atom stereocenters. The maximum atomic E-state index is 4.85. The van der Waals surface area contributed by atoms with Crippen LogP contribution in [0.4, 0.5) is 0 Å². The molecule has 0 bridgehead atoms. The molecule has 152 valence electrons. The SMILES string of the molecule is C=Cc1cc(=C)/c(=C\C2(S)CC2)n1-c1nc(-c2ccccc2)nc(-c2ccccc2)n1. The molecule has 1 fully saturated rings. The molecule has 0 amide bonds. The second-order valence-electron chi connectivity index (χ2n) is 7.78. The Morgan fingerprint density at radius 1 is 0.871 bits per heavy atom. The van der Waals surface area contributed by atoms with Crippen LogP contribution in [-0.4, -0.2) is 24.3 Å². The molecule has 4 aromatic rings. The van der Waals surface area contributed by atoms with Crippen molar-refractivity contribution in [1.29, 1.82) is 0 Å². The van der Waals surface area contributed by atoms with Crippen LogP contribution >= 0.6 is 12.6 Å². The molecule has 0 N–H and O–H groups in total. The van der Waals surface area contributed by atoms with E-state index < -0.39 is 0 Å². The third kappa shape index (κ3) is 3.84. The van der Waals surface area contributed by atoms with Gasteiger partial charge in [0.2, 0.25) is 5.95 Å². The number of aromatic nitrogens is 4. The van der Waals surface area contributed by atoms with Crippen LogP contribution in [-0.2, 0) is 0 Å². The van der Waals surface area contributed by atoms with Gasteiger partial charge in [-0.1, -0.05) is 73.8 Å². The van der Waals surface area contributed by atoms with E-state index in [1.807, 2.05) is 71.3 Å². The van der Waals surface area contributed by atoms with E-state index in [0.717, 1.165) is 40.2 Å². The quantitative estimate of drug-likeness (QED) is 0.488. The van der Waals surface area contributed by atoms with E-state index >= 15 is 0 Å². The average molecular weight is 423 g/mol. The van der Waals surface area contributed by atoms with Gasteiger partial charge in [-0.3, -0.25) is 4.57 Å². The summed E-state index contributed by atoms with van der Waals surface area (Å²) in [5.74, 6) is 1.79. The maximum absolute atomic E-state index is 4.85. The second kappa shape index (κ2) is 7.67. The van der Waals surface area contributed by atoms with E-state index in [0.29, 0.717) is 17.6 Å². The molecule has 0 unspecified atom stereocenters. The van der Waals surface area contributed by atoms with Gasteiger partial charge in [-0.05, 0) is 36.3 Å². The van der Waals surface area contributed by atoms with Crippen LogP contribution in [0.25, 0.3) is 47.5 Å². The highest BCUT2D eigenvalue weighted by Crippen LogP contribution is 2.43. The summed E-state index contributed by atoms with van der Waals surface area (Å²) in [5, 5.41) is 1.85. The van der Waals surface area contributed by atoms with Gasteiger partial charge in [0.25, 0.3) is 0 Å². The summed E-state index contributed by atoms with van der Waals surface area (Å²) in [7, 11) is 0. The number of hydrogen-bond acceptors (Lipinski definition) is 4. The first kappa shape index (κ1) is 19.5. The van der Waals surface area contributed by atoms with E-state index in [1.54, 1.807) is 6.08 Å². The third-order valence-electron chi connectivity index (χ3n) is 5.41. The Bertz CT molecular complexity index is 1310. The van der Waals surface area contributed by atoms with Crippen molar-refractivity contribution >= 4 is 31.4 Å². The van der Waals surface area contributed by atoms with Crippen molar-refractivity contribution in [3.8, 4) is 28.7 Å². The zero-order valence-electron chi connectivity index (χ0n) is 17.1. The lowest BCUT2D eigenvalue weighted by atomic mass is 10.2. The van der Waals surface area contributed by atoms with Gasteiger partial charge in [0.05, 0.1) is 5.35 Å². The lowest BCUT2D eigenvalue weighted by Gasteiger charge is -2.11. The lowest BCUT2D eigenvalue weighted by Crippen LogP contribution is -2.30. The number of thiol groups is 1. The predicted molar refractivity (Wildman–Crippen MR) is 130 cm³/mol. The Kier molecular flexibility index (Phi) is 4.83. The molecule has 1 saturated carbocycles. The highest BCUT2D eigenvalue weighted by atomic mass is 32.1. The zero-order valence-corrected chi connectivity index (χ0v) is 18.0. The molecule has 31 heavy (non-hydrogen) atoms. The molecule has 0 spiro atoms. The Hall–Kier alpha value is -3.44. The first-order valence-corrected chi connectivity index (χ1v) is 10.7. The number of benzene rings is 2. The van der Waals surface area contributed by atoms with Crippen molar-refractivity contribution < 1.29 is 0 Å². The largest absolute Gasteiger partial charge is 0.279 e. The fraction of sp³-hybridized carbons (Fsp3) is 0.115. The van der Waals surface area contributed by atoms with E-state index in [2.05, 4.69) is 19.2 Å². The van der Waals surface area contributed by atoms with Crippen molar-refractivity contribution in [2.24, 2.45) is 0 Å². The Morgan fingerprint density at radius 2 is 1.42 bits per heavy atom. The molecule has 5 heteroatoms. The summed E-state index contributed by atoms with van der Waals surface area (Å²) in [5.41, 5.74) is 2.76. The van der Waals surface area contributed by atoms with Crippen LogP contribution in [0.2, 0.25) is 0 Å². The Morgan fingerprint density at radius 3 is 1.90 bits per heavy atom. The van der Waals surface area contributed by atoms with E-state index in [-0.39, 0.29) is 4.75 Å². The fourth-order valence-corrected chi connectivity index (χ4v) is 3.79. The molecule has 2 heterocycles. The molecular weight excluding hydrogens is 400 g/mol. The Balaban J connectivity index is 1.80. The monoisotopic (exact) mass is 422 g/mol. The van der Waals surface area contributed by atoms with Gasteiger partial charge < -0.3 is 0 Å². The van der Waals surface area contributed by atoms with Crippen LogP contribution in [0.3, 0.4) is 0 Å². The first-order chi connectivity index (χ1) is 15.1. The van der Waals surface area contributed by atoms with E-state index in [9.17, 15) is 0 Å². The minimum absolute atomic E-state index is 0.0987. The van der Waals surface area contributed by atoms with Crippen molar-refractivity contribution in [2.45, 2.75) is 17.6 Å². The van der Waals surface area contributed by atoms with Crippen molar-refractivity contribution in [2.75, 3.05) is 0 Å². The van der Waals surface area contributed by atoms with Crippen LogP contribution in [0, 0.1) is 0 Å². The van der Waals surface area contributed by atoms with Gasteiger partial charge in [0.1, 0.15) is 0 Å². The topological polar surface area (TPSA) is 43.6 Å². The molecule has 1 aliphatic rings. The molecule has 2 aromatic carbocycles. The fourth-order valence-electron chi connectivity index (χ4n) is 3.55. The maximum Gasteiger partial charge on any atom is 0.238 e. The van der Waals surface area contributed by atoms with Gasteiger partial charge >= 0.3 is 0 Å². The lowest BCUT2D eigenvalue weighted by molar-refractivity contribution is 0.879. The van der Waals surface area contributed by atoms with Gasteiger partial charge in [-0.15, -0.1) is 0 Å². The van der Waals surface area contributed by atoms with Crippen LogP contribution in [0.1, 0.15) is 18.5 Å². The summed E-state index contributed by atoms with van der Waals surface area (Å²) >= 11 is 4.80. The average Bonchev–Trinajstić information content (AvgIpc) is 3.46.